The van der Waals surface area contributed by atoms with Gasteiger partial charge in [-0.3, -0.25) is 0 Å². The van der Waals surface area contributed by atoms with E-state index in [-0.39, 0.29) is 12.4 Å². The van der Waals surface area contributed by atoms with E-state index < -0.39 is 0 Å². The first-order valence-corrected chi connectivity index (χ1v) is 10.2. The fraction of sp³-hybridized carbons (Fsp3) is 0.154. The largest absolute Gasteiger partial charge is 0.488 e. The molecule has 0 heterocycles. The van der Waals surface area contributed by atoms with Crippen molar-refractivity contribution < 1.29 is 4.74 Å². The molecule has 0 bridgehead atoms. The number of benzene rings is 4. The van der Waals surface area contributed by atoms with Crippen molar-refractivity contribution in [2.45, 2.75) is 26.6 Å². The zero-order valence-corrected chi connectivity index (χ0v) is 18.5. The van der Waals surface area contributed by atoms with E-state index in [9.17, 15) is 0 Å². The van der Waals surface area contributed by atoms with Gasteiger partial charge in [-0.25, -0.2) is 0 Å². The molecule has 4 aromatic carbocycles. The molecule has 0 amide bonds. The fourth-order valence-electron chi connectivity index (χ4n) is 3.44. The Labute approximate surface area is 189 Å². The smallest absolute Gasteiger partial charge is 0.124 e. The molecule has 1 N–H and O–H groups in total. The number of halogens is 2. The molecule has 0 atom stereocenters. The molecule has 0 aliphatic rings. The van der Waals surface area contributed by atoms with Gasteiger partial charge in [0.05, 0.1) is 0 Å². The molecule has 0 aliphatic heterocycles. The predicted molar refractivity (Wildman–Crippen MR) is 129 cm³/mol. The van der Waals surface area contributed by atoms with Crippen molar-refractivity contribution in [3.8, 4) is 5.75 Å². The van der Waals surface area contributed by atoms with Crippen molar-refractivity contribution in [2.75, 3.05) is 0 Å². The summed E-state index contributed by atoms with van der Waals surface area (Å²) in [6.07, 6.45) is 0. The Morgan fingerprint density at radius 1 is 0.800 bits per heavy atom. The summed E-state index contributed by atoms with van der Waals surface area (Å²) in [6.45, 7) is 4.10. The highest BCUT2D eigenvalue weighted by atomic mass is 35.5. The quantitative estimate of drug-likeness (QED) is 0.333. The molecule has 4 rings (SSSR count). The highest BCUT2D eigenvalue weighted by Crippen LogP contribution is 2.29. The molecular weight excluding hydrogens is 413 g/mol. The fourth-order valence-corrected chi connectivity index (χ4v) is 3.63. The van der Waals surface area contributed by atoms with Crippen LogP contribution in [-0.4, -0.2) is 0 Å². The Bertz CT molecular complexity index is 1110. The van der Waals surface area contributed by atoms with Crippen LogP contribution in [0.2, 0.25) is 5.02 Å². The zero-order valence-electron chi connectivity index (χ0n) is 16.9. The lowest BCUT2D eigenvalue weighted by Gasteiger charge is -2.16. The molecule has 0 aromatic heterocycles. The number of fused-ring (bicyclic) bond motifs is 1. The molecule has 0 saturated heterocycles. The lowest BCUT2D eigenvalue weighted by Crippen LogP contribution is -2.14. The van der Waals surface area contributed by atoms with Gasteiger partial charge in [-0.2, -0.15) is 0 Å². The monoisotopic (exact) mass is 437 g/mol. The topological polar surface area (TPSA) is 21.3 Å². The number of hydrogen-bond acceptors (Lipinski definition) is 2. The van der Waals surface area contributed by atoms with Gasteiger partial charge in [0.25, 0.3) is 0 Å². The van der Waals surface area contributed by atoms with Crippen LogP contribution in [0.25, 0.3) is 10.8 Å². The molecule has 0 spiro atoms. The maximum absolute atomic E-state index is 6.30. The summed E-state index contributed by atoms with van der Waals surface area (Å²) < 4.78 is 6.21. The van der Waals surface area contributed by atoms with Crippen LogP contribution < -0.4 is 10.1 Å². The number of nitrogens with one attached hydrogen (secondary N) is 1. The number of ether oxygens (including phenoxy) is 1. The molecule has 0 unspecified atom stereocenters. The van der Waals surface area contributed by atoms with Crippen LogP contribution in [0.15, 0.2) is 84.9 Å². The van der Waals surface area contributed by atoms with E-state index in [0.717, 1.165) is 29.4 Å². The zero-order chi connectivity index (χ0) is 20.1. The molecule has 2 nitrogen and oxygen atoms in total. The van der Waals surface area contributed by atoms with Crippen LogP contribution in [-0.2, 0) is 19.7 Å². The molecule has 0 radical (unpaired) electrons. The Balaban J connectivity index is 0.00000256. The summed E-state index contributed by atoms with van der Waals surface area (Å²) >= 11 is 6.30. The lowest BCUT2D eigenvalue weighted by molar-refractivity contribution is 0.303. The molecule has 30 heavy (non-hydrogen) atoms. The van der Waals surface area contributed by atoms with E-state index in [1.54, 1.807) is 0 Å². The molecule has 0 fully saturated rings. The van der Waals surface area contributed by atoms with Crippen molar-refractivity contribution >= 4 is 34.8 Å². The van der Waals surface area contributed by atoms with E-state index in [2.05, 4.69) is 72.9 Å². The minimum atomic E-state index is 0. The normalized spacial score (nSPS) is 10.6. The molecular formula is C26H25Cl2NO. The number of aryl methyl sites for hydroxylation is 1. The summed E-state index contributed by atoms with van der Waals surface area (Å²) in [4.78, 5) is 0. The standard InChI is InChI=1S/C26H24ClNO.ClH/c1-19-10-12-20(13-11-19)16-28-17-24-23-8-4-2-6-21(23)14-15-26(24)29-18-22-7-3-5-9-25(22)27;/h2-15,28H,16-18H2,1H3;1H. The van der Waals surface area contributed by atoms with Crippen LogP contribution in [0.3, 0.4) is 0 Å². The van der Waals surface area contributed by atoms with Gasteiger partial charge in [0.2, 0.25) is 0 Å². The van der Waals surface area contributed by atoms with Crippen LogP contribution in [0.1, 0.15) is 22.3 Å². The van der Waals surface area contributed by atoms with Crippen molar-refractivity contribution in [3.63, 3.8) is 0 Å². The van der Waals surface area contributed by atoms with Gasteiger partial charge in [-0.05, 0) is 35.4 Å². The lowest BCUT2D eigenvalue weighted by atomic mass is 10.0. The second-order valence-corrected chi connectivity index (χ2v) is 7.64. The molecule has 154 valence electrons. The second kappa shape index (κ2) is 10.5. The first kappa shape index (κ1) is 22.2. The Morgan fingerprint density at radius 2 is 1.53 bits per heavy atom. The Kier molecular flexibility index (Phi) is 7.75. The van der Waals surface area contributed by atoms with Crippen LogP contribution in [0, 0.1) is 6.92 Å². The Morgan fingerprint density at radius 3 is 2.33 bits per heavy atom. The third-order valence-electron chi connectivity index (χ3n) is 5.09. The maximum atomic E-state index is 6.30. The molecule has 0 aliphatic carbocycles. The van der Waals surface area contributed by atoms with Gasteiger partial charge >= 0.3 is 0 Å². The number of hydrogen-bond donors (Lipinski definition) is 1. The summed E-state index contributed by atoms with van der Waals surface area (Å²) in [5, 5.41) is 6.72. The SMILES string of the molecule is Cc1ccc(CNCc2c(OCc3ccccc3Cl)ccc3ccccc23)cc1.Cl. The first-order valence-electron chi connectivity index (χ1n) is 9.84. The third kappa shape index (κ3) is 5.34. The number of rotatable bonds is 7. The summed E-state index contributed by atoms with van der Waals surface area (Å²) in [5.74, 6) is 0.889. The van der Waals surface area contributed by atoms with E-state index in [0.29, 0.717) is 6.61 Å². The van der Waals surface area contributed by atoms with Gasteiger partial charge in [-0.15, -0.1) is 12.4 Å². The molecule has 0 saturated carbocycles. The van der Waals surface area contributed by atoms with Gasteiger partial charge in [0, 0.05) is 29.2 Å². The van der Waals surface area contributed by atoms with Gasteiger partial charge in [-0.1, -0.05) is 90.0 Å². The maximum Gasteiger partial charge on any atom is 0.124 e. The highest BCUT2D eigenvalue weighted by Gasteiger charge is 2.10. The van der Waals surface area contributed by atoms with E-state index in [1.165, 1.54) is 27.5 Å². The molecule has 4 heteroatoms. The summed E-state index contributed by atoms with van der Waals surface area (Å²) in [7, 11) is 0. The second-order valence-electron chi connectivity index (χ2n) is 7.23. The van der Waals surface area contributed by atoms with Crippen molar-refractivity contribution in [3.05, 3.63) is 112 Å². The van der Waals surface area contributed by atoms with Crippen molar-refractivity contribution in [1.29, 1.82) is 0 Å². The van der Waals surface area contributed by atoms with Crippen molar-refractivity contribution in [2.24, 2.45) is 0 Å². The average molecular weight is 438 g/mol. The summed E-state index contributed by atoms with van der Waals surface area (Å²) in [5.41, 5.74) is 4.70. The van der Waals surface area contributed by atoms with Crippen molar-refractivity contribution in [1.82, 2.24) is 5.32 Å². The third-order valence-corrected chi connectivity index (χ3v) is 5.46. The minimum Gasteiger partial charge on any atom is -0.488 e. The minimum absolute atomic E-state index is 0. The van der Waals surface area contributed by atoms with E-state index in [1.807, 2.05) is 24.3 Å². The van der Waals surface area contributed by atoms with E-state index >= 15 is 0 Å². The van der Waals surface area contributed by atoms with Crippen LogP contribution in [0.5, 0.6) is 5.75 Å². The van der Waals surface area contributed by atoms with Gasteiger partial charge in [0.15, 0.2) is 0 Å². The van der Waals surface area contributed by atoms with E-state index in [4.69, 9.17) is 16.3 Å². The average Bonchev–Trinajstić information content (AvgIpc) is 2.75. The predicted octanol–water partition coefficient (Wildman–Crippen LogP) is 7.09. The van der Waals surface area contributed by atoms with Gasteiger partial charge < -0.3 is 10.1 Å². The highest BCUT2D eigenvalue weighted by molar-refractivity contribution is 6.31. The first-order chi connectivity index (χ1) is 14.2. The van der Waals surface area contributed by atoms with Crippen LogP contribution in [0.4, 0.5) is 0 Å². The van der Waals surface area contributed by atoms with Crippen LogP contribution >= 0.6 is 24.0 Å². The Hall–Kier alpha value is -2.52. The molecule has 4 aromatic rings. The van der Waals surface area contributed by atoms with Gasteiger partial charge in [0.1, 0.15) is 12.4 Å². The summed E-state index contributed by atoms with van der Waals surface area (Å²) in [6, 6.07) is 29.0.